The van der Waals surface area contributed by atoms with E-state index in [2.05, 4.69) is 35.3 Å². The fourth-order valence-corrected chi connectivity index (χ4v) is 0.993. The normalized spacial score (nSPS) is 8.86. The minimum atomic E-state index is 0.871. The summed E-state index contributed by atoms with van der Waals surface area (Å²) in [4.78, 5) is 0. The molecule has 2 nitrogen and oxygen atoms in total. The first-order valence-corrected chi connectivity index (χ1v) is 5.02. The monoisotopic (exact) mass is 192 g/mol. The molecule has 0 saturated carbocycles. The maximum atomic E-state index is 3.49. The summed E-state index contributed by atoms with van der Waals surface area (Å²) in [7, 11) is 0. The van der Waals surface area contributed by atoms with Gasteiger partial charge in [-0.3, -0.25) is 0 Å². The van der Waals surface area contributed by atoms with Crippen LogP contribution in [0.15, 0.2) is 36.8 Å². The molecule has 0 bridgehead atoms. The van der Waals surface area contributed by atoms with E-state index >= 15 is 0 Å². The van der Waals surface area contributed by atoms with E-state index in [-0.39, 0.29) is 0 Å². The lowest BCUT2D eigenvalue weighted by Gasteiger charge is -2.02. The van der Waals surface area contributed by atoms with Gasteiger partial charge in [0.15, 0.2) is 0 Å². The van der Waals surface area contributed by atoms with Gasteiger partial charge in [0.25, 0.3) is 0 Å². The summed E-state index contributed by atoms with van der Waals surface area (Å²) in [6.07, 6.45) is 6.17. The van der Waals surface area contributed by atoms with Gasteiger partial charge in [-0.1, -0.05) is 13.2 Å². The molecule has 0 rings (SSSR count). The van der Waals surface area contributed by atoms with E-state index in [0.29, 0.717) is 0 Å². The minimum absolute atomic E-state index is 0.871. The van der Waals surface area contributed by atoms with Crippen LogP contribution in [-0.2, 0) is 0 Å². The Morgan fingerprint density at radius 3 is 1.64 bits per heavy atom. The van der Waals surface area contributed by atoms with Crippen LogP contribution in [0, 0.1) is 0 Å². The zero-order valence-corrected chi connectivity index (χ0v) is 8.81. The molecule has 0 aromatic heterocycles. The molecule has 0 aliphatic rings. The lowest BCUT2D eigenvalue weighted by atomic mass is 10.3. The van der Waals surface area contributed by atoms with Gasteiger partial charge >= 0.3 is 0 Å². The van der Waals surface area contributed by atoms with Gasteiger partial charge in [-0.25, -0.2) is 0 Å². The molecule has 0 aromatic rings. The van der Waals surface area contributed by atoms with Crippen molar-refractivity contribution in [2.24, 2.45) is 0 Å². The largest absolute Gasteiger partial charge is 0.313 e. The van der Waals surface area contributed by atoms with Crippen LogP contribution in [0.3, 0.4) is 0 Å². The van der Waals surface area contributed by atoms with Gasteiger partial charge in [-0.05, 0) is 38.1 Å². The topological polar surface area (TPSA) is 24.1 Å². The van der Waals surface area contributed by atoms with E-state index < -0.39 is 0 Å². The van der Waals surface area contributed by atoms with Crippen molar-refractivity contribution in [1.82, 2.24) is 10.6 Å². The Morgan fingerprint density at radius 2 is 1.29 bits per heavy atom. The number of rotatable bonds is 9. The molecular formula is C12H20N2. The van der Waals surface area contributed by atoms with Crippen LogP contribution >= 0.6 is 0 Å². The first kappa shape index (κ1) is 13.0. The Labute approximate surface area is 87.1 Å². The molecule has 0 radical (unpaired) electrons. The number of nitrogens with one attached hydrogen (secondary N) is 2. The van der Waals surface area contributed by atoms with E-state index in [1.165, 1.54) is 12.8 Å². The van der Waals surface area contributed by atoms with Gasteiger partial charge in [0.2, 0.25) is 0 Å². The Kier molecular flexibility index (Phi) is 11.1. The van der Waals surface area contributed by atoms with Gasteiger partial charge in [-0.2, -0.15) is 0 Å². The highest BCUT2D eigenvalue weighted by Crippen LogP contribution is 1.83. The van der Waals surface area contributed by atoms with Crippen molar-refractivity contribution in [2.75, 3.05) is 26.2 Å². The molecule has 0 atom stereocenters. The predicted octanol–water partition coefficient (Wildman–Crippen LogP) is 1.63. The molecule has 0 fully saturated rings. The predicted molar refractivity (Wildman–Crippen MR) is 62.4 cm³/mol. The van der Waals surface area contributed by atoms with Crippen LogP contribution in [0.1, 0.15) is 12.8 Å². The van der Waals surface area contributed by atoms with Crippen molar-refractivity contribution >= 4 is 0 Å². The van der Waals surface area contributed by atoms with Gasteiger partial charge in [0.1, 0.15) is 0 Å². The van der Waals surface area contributed by atoms with Crippen LogP contribution < -0.4 is 10.6 Å². The number of hydrogen-bond donors (Lipinski definition) is 2. The highest BCUT2D eigenvalue weighted by molar-refractivity contribution is 4.78. The molecular weight excluding hydrogens is 172 g/mol. The molecule has 0 heterocycles. The third-order valence-electron chi connectivity index (χ3n) is 1.74. The van der Waals surface area contributed by atoms with Crippen molar-refractivity contribution in [3.05, 3.63) is 36.8 Å². The highest BCUT2D eigenvalue weighted by atomic mass is 14.9. The Balaban J connectivity index is 2.98. The summed E-state index contributed by atoms with van der Waals surface area (Å²) in [5.74, 6) is 0. The number of hydrogen-bond acceptors (Lipinski definition) is 2. The minimum Gasteiger partial charge on any atom is -0.313 e. The lowest BCUT2D eigenvalue weighted by molar-refractivity contribution is 0.617. The molecule has 0 saturated heterocycles. The second-order valence-electron chi connectivity index (χ2n) is 2.93. The molecule has 2 heteroatoms. The average molecular weight is 192 g/mol. The molecule has 78 valence electrons. The van der Waals surface area contributed by atoms with Gasteiger partial charge < -0.3 is 10.6 Å². The Hall–Kier alpha value is -1.04. The Bertz CT molecular complexity index is 184. The van der Waals surface area contributed by atoms with Crippen LogP contribution in [0.4, 0.5) is 0 Å². The summed E-state index contributed by atoms with van der Waals surface area (Å²) in [5.41, 5.74) is 5.45. The van der Waals surface area contributed by atoms with Crippen LogP contribution in [0.2, 0.25) is 0 Å². The second-order valence-corrected chi connectivity index (χ2v) is 2.93. The van der Waals surface area contributed by atoms with Gasteiger partial charge in [-0.15, -0.1) is 11.5 Å². The third-order valence-corrected chi connectivity index (χ3v) is 1.74. The summed E-state index contributed by atoms with van der Waals surface area (Å²) in [5, 5.41) is 6.54. The average Bonchev–Trinajstić information content (AvgIpc) is 2.21. The van der Waals surface area contributed by atoms with Crippen molar-refractivity contribution in [3.8, 4) is 0 Å². The summed E-state index contributed by atoms with van der Waals surface area (Å²) < 4.78 is 0. The fourth-order valence-electron chi connectivity index (χ4n) is 0.993. The SMILES string of the molecule is C=C=CCNCCCCNCC=C=C. The first-order chi connectivity index (χ1) is 6.91. The summed E-state index contributed by atoms with van der Waals surface area (Å²) in [6.45, 7) is 10.8. The highest BCUT2D eigenvalue weighted by Gasteiger charge is 1.86. The molecule has 0 aliphatic carbocycles. The molecule has 0 aliphatic heterocycles. The van der Waals surface area contributed by atoms with E-state index in [0.717, 1.165) is 26.2 Å². The first-order valence-electron chi connectivity index (χ1n) is 5.02. The zero-order valence-electron chi connectivity index (χ0n) is 8.81. The van der Waals surface area contributed by atoms with E-state index in [1.807, 2.05) is 12.2 Å². The lowest BCUT2D eigenvalue weighted by Crippen LogP contribution is -2.18. The third kappa shape index (κ3) is 11.0. The van der Waals surface area contributed by atoms with Crippen molar-refractivity contribution < 1.29 is 0 Å². The zero-order chi connectivity index (χ0) is 10.5. The quantitative estimate of drug-likeness (QED) is 0.428. The smallest absolute Gasteiger partial charge is 0.0209 e. The number of unbranched alkanes of at least 4 members (excludes halogenated alkanes) is 1. The maximum Gasteiger partial charge on any atom is 0.0209 e. The molecule has 0 aromatic carbocycles. The van der Waals surface area contributed by atoms with Gasteiger partial charge in [0, 0.05) is 13.1 Å². The molecule has 14 heavy (non-hydrogen) atoms. The Morgan fingerprint density at radius 1 is 0.857 bits per heavy atom. The molecule has 0 amide bonds. The van der Waals surface area contributed by atoms with Crippen LogP contribution in [-0.4, -0.2) is 26.2 Å². The van der Waals surface area contributed by atoms with Crippen molar-refractivity contribution in [2.45, 2.75) is 12.8 Å². The van der Waals surface area contributed by atoms with Crippen molar-refractivity contribution in [1.29, 1.82) is 0 Å². The maximum absolute atomic E-state index is 3.49. The summed E-state index contributed by atoms with van der Waals surface area (Å²) in [6, 6.07) is 0. The van der Waals surface area contributed by atoms with Crippen LogP contribution in [0.5, 0.6) is 0 Å². The standard InChI is InChI=1S/C12H20N2/c1-3-5-9-13-11-7-8-12-14-10-6-4-2/h5-6,13-14H,1-2,7-12H2. The molecule has 2 N–H and O–H groups in total. The van der Waals surface area contributed by atoms with E-state index in [9.17, 15) is 0 Å². The van der Waals surface area contributed by atoms with E-state index in [1.54, 1.807) is 0 Å². The fraction of sp³-hybridized carbons (Fsp3) is 0.500. The second kappa shape index (κ2) is 12.0. The van der Waals surface area contributed by atoms with Crippen molar-refractivity contribution in [3.63, 3.8) is 0 Å². The van der Waals surface area contributed by atoms with Gasteiger partial charge in [0.05, 0.1) is 0 Å². The van der Waals surface area contributed by atoms with E-state index in [4.69, 9.17) is 0 Å². The van der Waals surface area contributed by atoms with Crippen LogP contribution in [0.25, 0.3) is 0 Å². The summed E-state index contributed by atoms with van der Waals surface area (Å²) >= 11 is 0. The molecule has 0 spiro atoms. The molecule has 0 unspecified atom stereocenters.